The first kappa shape index (κ1) is 32.9. The van der Waals surface area contributed by atoms with Crippen molar-refractivity contribution in [3.8, 4) is 23.0 Å². The van der Waals surface area contributed by atoms with Gasteiger partial charge in [0.25, 0.3) is 0 Å². The Kier molecular flexibility index (Phi) is 11.4. The molecule has 0 saturated carbocycles. The van der Waals surface area contributed by atoms with Gasteiger partial charge in [-0.3, -0.25) is 14.6 Å². The van der Waals surface area contributed by atoms with Gasteiger partial charge in [0.2, 0.25) is 0 Å². The van der Waals surface area contributed by atoms with Crippen LogP contribution in [0.3, 0.4) is 0 Å². The summed E-state index contributed by atoms with van der Waals surface area (Å²) in [6, 6.07) is 26.0. The number of nitrogens with zero attached hydrogens (tertiary/aromatic N) is 2. The summed E-state index contributed by atoms with van der Waals surface area (Å²) in [5.41, 5.74) is 5.63. The molecular formula is C52H68N2O9. The Morgan fingerprint density at radius 3 is 1.51 bits per heavy atom. The van der Waals surface area contributed by atoms with E-state index < -0.39 is 40.0 Å². The number of carboxylic acid groups (broad SMARTS) is 1. The lowest BCUT2D eigenvalue weighted by Gasteiger charge is -2.47. The van der Waals surface area contributed by atoms with Crippen molar-refractivity contribution in [3.63, 3.8) is 0 Å². The maximum atomic E-state index is 11.6. The highest BCUT2D eigenvalue weighted by Crippen LogP contribution is 2.46. The van der Waals surface area contributed by atoms with E-state index in [2.05, 4.69) is 9.80 Å². The summed E-state index contributed by atoms with van der Waals surface area (Å²) >= 11 is 0. The van der Waals surface area contributed by atoms with Crippen molar-refractivity contribution < 1.29 is 59.9 Å². The number of carbonyl (C=O) groups is 1. The van der Waals surface area contributed by atoms with Crippen LogP contribution >= 0.6 is 0 Å². The third-order valence-corrected chi connectivity index (χ3v) is 13.4. The molecule has 8 rings (SSSR count). The van der Waals surface area contributed by atoms with Crippen molar-refractivity contribution in [3.05, 3.63) is 118 Å². The molecule has 8 atom stereocenters. The topological polar surface area (TPSA) is 119 Å². The molecule has 0 amide bonds. The molecule has 2 fully saturated rings. The Morgan fingerprint density at radius 1 is 0.667 bits per heavy atom. The molecule has 4 heterocycles. The molecule has 11 nitrogen and oxygen atoms in total. The first-order chi connectivity index (χ1) is 35.2. The van der Waals surface area contributed by atoms with Gasteiger partial charge in [-0.2, -0.15) is 0 Å². The number of piperidine rings is 2. The number of aliphatic hydroxyl groups is 1. The van der Waals surface area contributed by atoms with Gasteiger partial charge in [-0.1, -0.05) is 74.5 Å². The quantitative estimate of drug-likeness (QED) is 0.113. The van der Waals surface area contributed by atoms with Crippen LogP contribution in [0.4, 0.5) is 0 Å². The van der Waals surface area contributed by atoms with Crippen LogP contribution in [0.15, 0.2) is 84.9 Å². The standard InChI is InChI=1S/C26H33NO5.C26H35NO4/c1-17(26(28)29)11-20-15-27-10-9-19-12-24(30-2)25(31-3)13-21(19)22(27)14-23(20)32-16-18-7-5-4-6-8-18;1-18(16-28)11-21-15-27-10-9-20-12-25(29-2)26(30-3)13-22(20)23(27)14-24(21)31-17-19-7-5-4-6-8-19/h4-8,12-13,17,20,22-23H,9-11,14-16H2,1-3H3,(H,28,29);4-8,12-13,18,21,23-24,28H,9-11,14-17H2,1-3H3/t17?,20-,22-,23+;18?,21-,23-,24+/m00/s1/i2*2D3,3D3. The van der Waals surface area contributed by atoms with E-state index in [1.165, 1.54) is 0 Å². The second-order valence-corrected chi connectivity index (χ2v) is 17.6. The molecule has 2 unspecified atom stereocenters. The van der Waals surface area contributed by atoms with Crippen LogP contribution in [0.2, 0.25) is 0 Å². The molecule has 0 radical (unpaired) electrons. The van der Waals surface area contributed by atoms with E-state index in [1.54, 1.807) is 31.2 Å². The second-order valence-electron chi connectivity index (χ2n) is 17.6. The average molecular weight is 877 g/mol. The maximum Gasteiger partial charge on any atom is 0.306 e. The van der Waals surface area contributed by atoms with Crippen LogP contribution in [0.1, 0.15) is 101 Å². The molecule has 4 aliphatic rings. The number of carboxylic acids is 1. The molecule has 11 heteroatoms. The van der Waals surface area contributed by atoms with Crippen molar-refractivity contribution in [1.29, 1.82) is 0 Å². The molecule has 2 saturated heterocycles. The Balaban J connectivity index is 0.000000219. The number of aliphatic carboxylic acids is 1. The Morgan fingerprint density at radius 2 is 1.10 bits per heavy atom. The highest BCUT2D eigenvalue weighted by atomic mass is 16.5. The Labute approximate surface area is 391 Å². The zero-order chi connectivity index (χ0) is 54.5. The number of benzene rings is 4. The van der Waals surface area contributed by atoms with Gasteiger partial charge < -0.3 is 38.6 Å². The summed E-state index contributed by atoms with van der Waals surface area (Å²) in [6.07, 6.45) is 3.57. The van der Waals surface area contributed by atoms with Crippen molar-refractivity contribution >= 4 is 5.97 Å². The van der Waals surface area contributed by atoms with Gasteiger partial charge in [-0.25, -0.2) is 0 Å². The average Bonchev–Trinajstić information content (AvgIpc) is 3.32. The lowest BCUT2D eigenvalue weighted by Crippen LogP contribution is -2.49. The predicted molar refractivity (Wildman–Crippen MR) is 244 cm³/mol. The maximum absolute atomic E-state index is 11.6. The third kappa shape index (κ3) is 11.2. The summed E-state index contributed by atoms with van der Waals surface area (Å²) in [5, 5.41) is 19.2. The van der Waals surface area contributed by atoms with E-state index in [1.807, 2.05) is 67.6 Å². The molecule has 340 valence electrons. The van der Waals surface area contributed by atoms with Crippen LogP contribution in [0.25, 0.3) is 0 Å². The lowest BCUT2D eigenvalue weighted by atomic mass is 9.78. The smallest absolute Gasteiger partial charge is 0.306 e. The van der Waals surface area contributed by atoms with Crippen LogP contribution in [-0.4, -0.2) is 99.1 Å². The van der Waals surface area contributed by atoms with Gasteiger partial charge in [-0.05, 0) is 114 Å². The molecule has 0 bridgehead atoms. The van der Waals surface area contributed by atoms with Crippen molar-refractivity contribution in [2.75, 3.05) is 60.9 Å². The number of hydrogen-bond donors (Lipinski definition) is 2. The summed E-state index contributed by atoms with van der Waals surface area (Å²) in [4.78, 5) is 16.3. The predicted octanol–water partition coefficient (Wildman–Crippen LogP) is 8.55. The Hall–Kier alpha value is -4.65. The van der Waals surface area contributed by atoms with Crippen LogP contribution in [0.5, 0.6) is 23.0 Å². The fraction of sp³-hybridized carbons (Fsp3) is 0.519. The van der Waals surface area contributed by atoms with Gasteiger partial charge in [-0.15, -0.1) is 0 Å². The minimum atomic E-state index is -2.79. The normalized spacial score (nSPS) is 27.5. The van der Waals surface area contributed by atoms with E-state index in [0.717, 1.165) is 52.9 Å². The van der Waals surface area contributed by atoms with E-state index in [0.29, 0.717) is 58.4 Å². The molecule has 4 aliphatic heterocycles. The third-order valence-electron chi connectivity index (χ3n) is 13.4. The Bertz CT molecular complexity index is 2510. The van der Waals surface area contributed by atoms with Crippen molar-refractivity contribution in [1.82, 2.24) is 9.80 Å². The van der Waals surface area contributed by atoms with Crippen LogP contribution in [-0.2, 0) is 40.3 Å². The monoisotopic (exact) mass is 877 g/mol. The zero-order valence-corrected chi connectivity index (χ0v) is 36.0. The van der Waals surface area contributed by atoms with Gasteiger partial charge in [0.1, 0.15) is 0 Å². The van der Waals surface area contributed by atoms with E-state index >= 15 is 0 Å². The number of aliphatic hydroxyl groups excluding tert-OH is 1. The molecule has 4 aromatic carbocycles. The number of ether oxygens (including phenoxy) is 6. The SMILES string of the molecule is [2H]C([2H])([2H])Oc1cc2c(cc1OC([2H])([2H])[2H])[C@@H]1C[C@@H](OCc3ccccc3)[C@@H](CC(C)C(=O)O)CN1CC2.[2H]C([2H])([2H])Oc1cc2c(cc1OC([2H])([2H])[2H])[C@@H]1C[C@@H](OCc3ccccc3)[C@@H](CC(C)CO)CN1CC2. The highest BCUT2D eigenvalue weighted by Gasteiger charge is 2.42. The zero-order valence-electron chi connectivity index (χ0n) is 48.0. The molecule has 4 aromatic rings. The minimum absolute atomic E-state index is 0.00104. The fourth-order valence-corrected chi connectivity index (χ4v) is 10.1. The van der Waals surface area contributed by atoms with Crippen LogP contribution in [0, 0.1) is 23.7 Å². The fourth-order valence-electron chi connectivity index (χ4n) is 10.1. The van der Waals surface area contributed by atoms with Gasteiger partial charge >= 0.3 is 5.97 Å². The summed E-state index contributed by atoms with van der Waals surface area (Å²) < 4.78 is 124. The number of hydrogen-bond acceptors (Lipinski definition) is 10. The minimum Gasteiger partial charge on any atom is -0.493 e. The molecule has 63 heavy (non-hydrogen) atoms. The van der Waals surface area contributed by atoms with Gasteiger partial charge in [0, 0.05) is 44.9 Å². The molecular weight excluding hydrogens is 797 g/mol. The molecule has 2 N–H and O–H groups in total. The summed E-state index contributed by atoms with van der Waals surface area (Å²) in [5.74, 6) is -1.44. The summed E-state index contributed by atoms with van der Waals surface area (Å²) in [7, 11) is -11.0. The number of methoxy groups -OCH3 is 4. The highest BCUT2D eigenvalue weighted by molar-refractivity contribution is 5.69. The van der Waals surface area contributed by atoms with Gasteiger partial charge in [0.05, 0.1) is 75.9 Å². The van der Waals surface area contributed by atoms with E-state index in [9.17, 15) is 15.0 Å². The molecule has 0 spiro atoms. The largest absolute Gasteiger partial charge is 0.493 e. The number of fused-ring (bicyclic) bond motifs is 6. The van der Waals surface area contributed by atoms with Crippen molar-refractivity contribution in [2.45, 2.75) is 89.9 Å². The molecule has 0 aromatic heterocycles. The van der Waals surface area contributed by atoms with E-state index in [4.69, 9.17) is 44.9 Å². The number of rotatable bonds is 16. The first-order valence-corrected chi connectivity index (χ1v) is 21.9. The second kappa shape index (κ2) is 21.8. The van der Waals surface area contributed by atoms with Gasteiger partial charge in [0.15, 0.2) is 23.0 Å². The van der Waals surface area contributed by atoms with Crippen LogP contribution < -0.4 is 18.9 Å². The van der Waals surface area contributed by atoms with E-state index in [-0.39, 0.29) is 71.7 Å². The van der Waals surface area contributed by atoms with Crippen molar-refractivity contribution in [2.24, 2.45) is 23.7 Å². The molecule has 0 aliphatic carbocycles. The first-order valence-electron chi connectivity index (χ1n) is 27.9. The summed E-state index contributed by atoms with van der Waals surface area (Å²) in [6.45, 7) is 7.62. The lowest BCUT2D eigenvalue weighted by molar-refractivity contribution is -0.143.